The number of hydrogen-bond acceptors (Lipinski definition) is 10. The minimum absolute atomic E-state index is 0.339. The SMILES string of the molecule is Cc1cc(Nc2nc(NC3C[C@H]4CCC[C@@H](C3)N4CCC#N)nc3sc(CN4CCN(C)CC4)cc23)n[nH]1. The number of nitrogens with one attached hydrogen (secondary N) is 3. The first-order chi connectivity index (χ1) is 18.5. The van der Waals surface area contributed by atoms with Crippen LogP contribution < -0.4 is 10.6 Å². The number of anilines is 3. The zero-order chi connectivity index (χ0) is 26.1. The molecule has 0 aromatic carbocycles. The number of likely N-dealkylation sites (N-methyl/N-ethyl adjacent to an activating group) is 1. The predicted molar refractivity (Wildman–Crippen MR) is 152 cm³/mol. The Morgan fingerprint density at radius 2 is 1.92 bits per heavy atom. The van der Waals surface area contributed by atoms with Crippen LogP contribution in [-0.4, -0.2) is 92.8 Å². The number of nitrogens with zero attached hydrogens (tertiary/aromatic N) is 7. The van der Waals surface area contributed by atoms with Crippen molar-refractivity contribution in [2.45, 2.75) is 70.1 Å². The fraction of sp³-hybridized carbons (Fsp3) is 0.630. The number of H-pyrrole nitrogens is 1. The standard InChI is InChI=1S/C27H38N10S/c1-18-13-24(34-33-18)30-25-23-16-22(17-36-11-9-35(2)10-12-36)38-26(23)32-27(31-25)29-19-14-20-5-3-6-21(15-19)37(20)8-4-7-28/h13,16,19-21H,3-6,8-12,14-15,17H2,1-2H3,(H3,29,30,31,32,33,34)/t19?,20-,21+. The van der Waals surface area contributed by atoms with Gasteiger partial charge in [-0.25, -0.2) is 4.98 Å². The van der Waals surface area contributed by atoms with Crippen LogP contribution in [0.3, 0.4) is 0 Å². The van der Waals surface area contributed by atoms with Crippen molar-refractivity contribution in [3.05, 3.63) is 22.7 Å². The molecule has 3 N–H and O–H groups in total. The number of aromatic amines is 1. The quantitative estimate of drug-likeness (QED) is 0.396. The van der Waals surface area contributed by atoms with Gasteiger partial charge < -0.3 is 15.5 Å². The molecular formula is C27H38N10S. The van der Waals surface area contributed by atoms with Crippen LogP contribution >= 0.6 is 11.3 Å². The zero-order valence-corrected chi connectivity index (χ0v) is 23.2. The van der Waals surface area contributed by atoms with Gasteiger partial charge in [0.1, 0.15) is 10.6 Å². The molecule has 0 radical (unpaired) electrons. The van der Waals surface area contributed by atoms with Gasteiger partial charge in [0.2, 0.25) is 5.95 Å². The second kappa shape index (κ2) is 11.1. The van der Waals surface area contributed by atoms with Crippen LogP contribution in [0.25, 0.3) is 10.2 Å². The van der Waals surface area contributed by atoms with E-state index in [1.165, 1.54) is 24.1 Å². The van der Waals surface area contributed by atoms with Gasteiger partial charge in [-0.3, -0.25) is 14.9 Å². The van der Waals surface area contributed by atoms with E-state index < -0.39 is 0 Å². The van der Waals surface area contributed by atoms with Crippen LogP contribution in [0.1, 0.15) is 49.1 Å². The molecule has 3 fully saturated rings. The molecule has 38 heavy (non-hydrogen) atoms. The molecule has 0 amide bonds. The van der Waals surface area contributed by atoms with Crippen LogP contribution in [0, 0.1) is 18.3 Å². The molecule has 3 atom stereocenters. The van der Waals surface area contributed by atoms with Crippen molar-refractivity contribution in [2.24, 2.45) is 0 Å². The molecule has 2 bridgehead atoms. The lowest BCUT2D eigenvalue weighted by Crippen LogP contribution is -2.55. The second-order valence-corrected chi connectivity index (χ2v) is 12.3. The number of fused-ring (bicyclic) bond motifs is 3. The molecule has 3 aromatic heterocycles. The number of aromatic nitrogens is 4. The summed E-state index contributed by atoms with van der Waals surface area (Å²) in [6.07, 6.45) is 6.47. The Bertz CT molecular complexity index is 1270. The summed E-state index contributed by atoms with van der Waals surface area (Å²) in [6.45, 7) is 8.25. The van der Waals surface area contributed by atoms with Gasteiger partial charge in [0.25, 0.3) is 0 Å². The summed E-state index contributed by atoms with van der Waals surface area (Å²) in [4.78, 5) is 19.8. The Labute approximate surface area is 228 Å². The highest BCUT2D eigenvalue weighted by atomic mass is 32.1. The van der Waals surface area contributed by atoms with E-state index in [0.29, 0.717) is 30.5 Å². The van der Waals surface area contributed by atoms with Crippen LogP contribution in [0.4, 0.5) is 17.6 Å². The summed E-state index contributed by atoms with van der Waals surface area (Å²) in [7, 11) is 2.19. The van der Waals surface area contributed by atoms with Gasteiger partial charge in [0.05, 0.1) is 11.5 Å². The zero-order valence-electron chi connectivity index (χ0n) is 22.4. The van der Waals surface area contributed by atoms with E-state index in [1.54, 1.807) is 11.3 Å². The van der Waals surface area contributed by atoms with E-state index in [2.05, 4.69) is 54.7 Å². The molecule has 0 spiro atoms. The van der Waals surface area contributed by atoms with Crippen molar-refractivity contribution in [1.29, 1.82) is 5.26 Å². The van der Waals surface area contributed by atoms with Gasteiger partial charge in [0, 0.05) is 80.5 Å². The van der Waals surface area contributed by atoms with Crippen LogP contribution in [0.15, 0.2) is 12.1 Å². The molecule has 3 saturated heterocycles. The Balaban J connectivity index is 1.24. The maximum Gasteiger partial charge on any atom is 0.226 e. The highest BCUT2D eigenvalue weighted by Crippen LogP contribution is 2.36. The summed E-state index contributed by atoms with van der Waals surface area (Å²) >= 11 is 1.77. The summed E-state index contributed by atoms with van der Waals surface area (Å²) in [5.74, 6) is 2.26. The minimum atomic E-state index is 0.339. The average molecular weight is 535 g/mol. The van der Waals surface area contributed by atoms with Crippen molar-refractivity contribution in [3.8, 4) is 6.07 Å². The molecule has 11 heteroatoms. The fourth-order valence-electron chi connectivity index (χ4n) is 6.36. The molecule has 1 unspecified atom stereocenters. The first-order valence-corrected chi connectivity index (χ1v) is 14.8. The van der Waals surface area contributed by atoms with Crippen molar-refractivity contribution < 1.29 is 0 Å². The lowest BCUT2D eigenvalue weighted by Gasteiger charge is -2.48. The monoisotopic (exact) mass is 534 g/mol. The fourth-order valence-corrected chi connectivity index (χ4v) is 7.43. The lowest BCUT2D eigenvalue weighted by atomic mass is 9.81. The van der Waals surface area contributed by atoms with E-state index in [4.69, 9.17) is 15.2 Å². The second-order valence-electron chi connectivity index (χ2n) is 11.2. The summed E-state index contributed by atoms with van der Waals surface area (Å²) in [5.41, 5.74) is 1.01. The van der Waals surface area contributed by atoms with E-state index >= 15 is 0 Å². The van der Waals surface area contributed by atoms with Crippen molar-refractivity contribution >= 4 is 39.1 Å². The van der Waals surface area contributed by atoms with Gasteiger partial charge in [-0.15, -0.1) is 11.3 Å². The molecule has 3 aromatic rings. The Hall–Kier alpha value is -2.78. The lowest BCUT2D eigenvalue weighted by molar-refractivity contribution is 0.0369. The van der Waals surface area contributed by atoms with Crippen molar-refractivity contribution in [2.75, 3.05) is 50.4 Å². The topological polar surface area (TPSA) is 112 Å². The third-order valence-corrected chi connectivity index (χ3v) is 9.33. The largest absolute Gasteiger partial charge is 0.351 e. The summed E-state index contributed by atoms with van der Waals surface area (Å²) in [5, 5.41) is 24.7. The maximum atomic E-state index is 9.11. The molecule has 0 saturated carbocycles. The number of thiophene rings is 1. The summed E-state index contributed by atoms with van der Waals surface area (Å²) in [6, 6.07) is 8.00. The van der Waals surface area contributed by atoms with Crippen LogP contribution in [0.5, 0.6) is 0 Å². The van der Waals surface area contributed by atoms with Crippen LogP contribution in [-0.2, 0) is 6.54 Å². The first kappa shape index (κ1) is 25.5. The molecular weight excluding hydrogens is 496 g/mol. The number of rotatable bonds is 8. The van der Waals surface area contributed by atoms with E-state index in [9.17, 15) is 0 Å². The van der Waals surface area contributed by atoms with Crippen molar-refractivity contribution in [3.63, 3.8) is 0 Å². The minimum Gasteiger partial charge on any atom is -0.351 e. The van der Waals surface area contributed by atoms with Gasteiger partial charge in [-0.2, -0.15) is 15.3 Å². The third-order valence-electron chi connectivity index (χ3n) is 8.31. The Morgan fingerprint density at radius 3 is 2.63 bits per heavy atom. The summed E-state index contributed by atoms with van der Waals surface area (Å²) < 4.78 is 0. The van der Waals surface area contributed by atoms with Gasteiger partial charge in [-0.1, -0.05) is 6.42 Å². The normalized spacial score (nSPS) is 24.9. The molecule has 10 nitrogen and oxygen atoms in total. The molecule has 202 valence electrons. The van der Waals surface area contributed by atoms with E-state index in [1.807, 2.05) is 13.0 Å². The number of piperazine rings is 1. The highest BCUT2D eigenvalue weighted by Gasteiger charge is 2.38. The van der Waals surface area contributed by atoms with Crippen molar-refractivity contribution in [1.82, 2.24) is 34.9 Å². The average Bonchev–Trinajstić information content (AvgIpc) is 3.49. The number of nitriles is 1. The van der Waals surface area contributed by atoms with E-state index in [0.717, 1.165) is 79.7 Å². The van der Waals surface area contributed by atoms with Gasteiger partial charge >= 0.3 is 0 Å². The molecule has 3 aliphatic rings. The van der Waals surface area contributed by atoms with Crippen LogP contribution in [0.2, 0.25) is 0 Å². The van der Waals surface area contributed by atoms with Gasteiger partial charge in [-0.05, 0) is 45.7 Å². The number of hydrogen-bond donors (Lipinski definition) is 3. The molecule has 6 rings (SSSR count). The number of aryl methyl sites for hydroxylation is 1. The molecule has 6 heterocycles. The molecule has 3 aliphatic heterocycles. The highest BCUT2D eigenvalue weighted by molar-refractivity contribution is 7.18. The first-order valence-electron chi connectivity index (χ1n) is 13.9. The number of piperidine rings is 2. The smallest absolute Gasteiger partial charge is 0.226 e. The predicted octanol–water partition coefficient (Wildman–Crippen LogP) is 3.92. The maximum absolute atomic E-state index is 9.11. The Kier molecular flexibility index (Phi) is 7.48. The van der Waals surface area contributed by atoms with E-state index in [-0.39, 0.29) is 0 Å². The third kappa shape index (κ3) is 5.64. The van der Waals surface area contributed by atoms with Gasteiger partial charge in [0.15, 0.2) is 5.82 Å². The molecule has 0 aliphatic carbocycles. The Morgan fingerprint density at radius 1 is 1.13 bits per heavy atom.